The van der Waals surface area contributed by atoms with E-state index < -0.39 is 17.4 Å². The standard InChI is InChI=1S/C16H14O5/c1-10(2)15(18)20-8-7-13(17)12-9-11-5-3-4-6-14(11)21-16(12)19/h3-6,9H,1,7-8H2,2H3. The van der Waals surface area contributed by atoms with Crippen LogP contribution in [0.5, 0.6) is 0 Å². The highest BCUT2D eigenvalue weighted by atomic mass is 16.5. The first-order valence-corrected chi connectivity index (χ1v) is 6.38. The van der Waals surface area contributed by atoms with Crippen molar-refractivity contribution in [2.24, 2.45) is 0 Å². The fraction of sp³-hybridized carbons (Fsp3) is 0.188. The molecule has 0 N–H and O–H groups in total. The van der Waals surface area contributed by atoms with Gasteiger partial charge < -0.3 is 9.15 Å². The van der Waals surface area contributed by atoms with E-state index in [0.717, 1.165) is 0 Å². The van der Waals surface area contributed by atoms with Crippen molar-refractivity contribution in [3.05, 3.63) is 58.5 Å². The molecule has 0 unspecified atom stereocenters. The molecule has 2 aromatic rings. The number of carbonyl (C=O) groups excluding carboxylic acids is 2. The van der Waals surface area contributed by atoms with Gasteiger partial charge in [-0.2, -0.15) is 0 Å². The summed E-state index contributed by atoms with van der Waals surface area (Å²) >= 11 is 0. The third-order valence-electron chi connectivity index (χ3n) is 2.85. The number of benzene rings is 1. The van der Waals surface area contributed by atoms with Gasteiger partial charge in [0, 0.05) is 17.4 Å². The average molecular weight is 286 g/mol. The monoisotopic (exact) mass is 286 g/mol. The van der Waals surface area contributed by atoms with E-state index in [9.17, 15) is 14.4 Å². The lowest BCUT2D eigenvalue weighted by Gasteiger charge is -2.04. The molecule has 1 heterocycles. The quantitative estimate of drug-likeness (QED) is 0.365. The molecule has 108 valence electrons. The minimum atomic E-state index is -0.690. The van der Waals surface area contributed by atoms with Crippen LogP contribution < -0.4 is 5.63 Å². The Labute approximate surface area is 120 Å². The highest BCUT2D eigenvalue weighted by Crippen LogP contribution is 2.13. The molecular weight excluding hydrogens is 272 g/mol. The zero-order valence-corrected chi connectivity index (χ0v) is 11.5. The number of rotatable bonds is 5. The second kappa shape index (κ2) is 6.17. The van der Waals surface area contributed by atoms with Gasteiger partial charge in [0.2, 0.25) is 0 Å². The van der Waals surface area contributed by atoms with Gasteiger partial charge >= 0.3 is 11.6 Å². The second-order valence-corrected chi connectivity index (χ2v) is 4.57. The van der Waals surface area contributed by atoms with Crippen molar-refractivity contribution in [2.45, 2.75) is 13.3 Å². The first-order chi connectivity index (χ1) is 9.99. The normalized spacial score (nSPS) is 10.3. The fourth-order valence-corrected chi connectivity index (χ4v) is 1.75. The Morgan fingerprint density at radius 3 is 2.71 bits per heavy atom. The van der Waals surface area contributed by atoms with Crippen LogP contribution in [0.2, 0.25) is 0 Å². The smallest absolute Gasteiger partial charge is 0.347 e. The molecule has 0 bridgehead atoms. The summed E-state index contributed by atoms with van der Waals surface area (Å²) in [6, 6.07) is 8.41. The van der Waals surface area contributed by atoms with Crippen molar-refractivity contribution in [2.75, 3.05) is 6.61 Å². The highest BCUT2D eigenvalue weighted by molar-refractivity contribution is 5.98. The van der Waals surface area contributed by atoms with Crippen molar-refractivity contribution in [3.63, 3.8) is 0 Å². The molecule has 2 rings (SSSR count). The van der Waals surface area contributed by atoms with Crippen molar-refractivity contribution < 1.29 is 18.7 Å². The summed E-state index contributed by atoms with van der Waals surface area (Å²) in [5.41, 5.74) is -0.0505. The molecular formula is C16H14O5. The predicted octanol–water partition coefficient (Wildman–Crippen LogP) is 2.49. The van der Waals surface area contributed by atoms with Crippen LogP contribution in [0.15, 0.2) is 51.7 Å². The average Bonchev–Trinajstić information content (AvgIpc) is 2.46. The van der Waals surface area contributed by atoms with E-state index in [1.54, 1.807) is 24.3 Å². The van der Waals surface area contributed by atoms with Crippen LogP contribution in [0.1, 0.15) is 23.7 Å². The molecule has 21 heavy (non-hydrogen) atoms. The summed E-state index contributed by atoms with van der Waals surface area (Å²) in [4.78, 5) is 34.9. The summed E-state index contributed by atoms with van der Waals surface area (Å²) < 4.78 is 9.91. The maximum Gasteiger partial charge on any atom is 0.347 e. The van der Waals surface area contributed by atoms with Crippen LogP contribution in [-0.2, 0) is 9.53 Å². The maximum absolute atomic E-state index is 12.0. The van der Waals surface area contributed by atoms with E-state index in [2.05, 4.69) is 6.58 Å². The SMILES string of the molecule is C=C(C)C(=O)OCCC(=O)c1cc2ccccc2oc1=O. The lowest BCUT2D eigenvalue weighted by Crippen LogP contribution is -2.16. The summed E-state index contributed by atoms with van der Waals surface area (Å²) in [6.45, 7) is 4.85. The Morgan fingerprint density at radius 1 is 1.29 bits per heavy atom. The van der Waals surface area contributed by atoms with Gasteiger partial charge in [-0.1, -0.05) is 24.8 Å². The number of esters is 1. The molecule has 5 heteroatoms. The number of ether oxygens (including phenoxy) is 1. The Kier molecular flexibility index (Phi) is 4.33. The highest BCUT2D eigenvalue weighted by Gasteiger charge is 2.14. The largest absolute Gasteiger partial charge is 0.462 e. The summed E-state index contributed by atoms with van der Waals surface area (Å²) in [7, 11) is 0. The molecule has 1 aromatic heterocycles. The first-order valence-electron chi connectivity index (χ1n) is 6.38. The fourth-order valence-electron chi connectivity index (χ4n) is 1.75. The number of fused-ring (bicyclic) bond motifs is 1. The first kappa shape index (κ1) is 14.7. The molecule has 0 radical (unpaired) electrons. The van der Waals surface area contributed by atoms with Crippen LogP contribution in [0.3, 0.4) is 0 Å². The van der Waals surface area contributed by atoms with Gasteiger partial charge in [-0.05, 0) is 19.1 Å². The number of hydrogen-bond donors (Lipinski definition) is 0. The van der Waals surface area contributed by atoms with Crippen LogP contribution in [0, 0.1) is 0 Å². The predicted molar refractivity (Wildman–Crippen MR) is 77.2 cm³/mol. The minimum absolute atomic E-state index is 0.0416. The van der Waals surface area contributed by atoms with E-state index in [1.165, 1.54) is 13.0 Å². The van der Waals surface area contributed by atoms with Crippen molar-refractivity contribution >= 4 is 22.7 Å². The van der Waals surface area contributed by atoms with Crippen molar-refractivity contribution in [3.8, 4) is 0 Å². The van der Waals surface area contributed by atoms with Gasteiger partial charge in [-0.15, -0.1) is 0 Å². The Balaban J connectivity index is 2.12. The van der Waals surface area contributed by atoms with Gasteiger partial charge in [-0.25, -0.2) is 9.59 Å². The van der Waals surface area contributed by atoms with Gasteiger partial charge in [0.05, 0.1) is 6.61 Å². The van der Waals surface area contributed by atoms with E-state index in [0.29, 0.717) is 11.0 Å². The number of hydrogen-bond acceptors (Lipinski definition) is 5. The molecule has 0 aliphatic rings. The second-order valence-electron chi connectivity index (χ2n) is 4.57. The summed E-state index contributed by atoms with van der Waals surface area (Å²) in [5, 5.41) is 0.666. The summed E-state index contributed by atoms with van der Waals surface area (Å²) in [5.74, 6) is -0.989. The Hall–Kier alpha value is -2.69. The van der Waals surface area contributed by atoms with Gasteiger partial charge in [0.15, 0.2) is 5.78 Å². The number of Topliss-reactive ketones (excluding diaryl/α,β-unsaturated/α-hetero) is 1. The number of ketones is 1. The lowest BCUT2D eigenvalue weighted by atomic mass is 10.1. The van der Waals surface area contributed by atoms with Crippen molar-refractivity contribution in [1.29, 1.82) is 0 Å². The zero-order valence-electron chi connectivity index (χ0n) is 11.5. The lowest BCUT2D eigenvalue weighted by molar-refractivity contribution is -0.138. The summed E-state index contributed by atoms with van der Waals surface area (Å²) in [6.07, 6.45) is -0.0812. The molecule has 0 fully saturated rings. The van der Waals surface area contributed by atoms with E-state index in [-0.39, 0.29) is 24.2 Å². The minimum Gasteiger partial charge on any atom is -0.462 e. The van der Waals surface area contributed by atoms with Crippen LogP contribution >= 0.6 is 0 Å². The molecule has 0 atom stereocenters. The molecule has 5 nitrogen and oxygen atoms in total. The van der Waals surface area contributed by atoms with Gasteiger partial charge in [0.25, 0.3) is 0 Å². The van der Waals surface area contributed by atoms with E-state index >= 15 is 0 Å². The zero-order chi connectivity index (χ0) is 15.4. The molecule has 0 aliphatic carbocycles. The third-order valence-corrected chi connectivity index (χ3v) is 2.85. The number of carbonyl (C=O) groups is 2. The Morgan fingerprint density at radius 2 is 2.00 bits per heavy atom. The van der Waals surface area contributed by atoms with E-state index in [4.69, 9.17) is 9.15 Å². The molecule has 0 amide bonds. The number of para-hydroxylation sites is 1. The molecule has 0 saturated carbocycles. The van der Waals surface area contributed by atoms with Gasteiger partial charge in [-0.3, -0.25) is 4.79 Å². The molecule has 0 spiro atoms. The van der Waals surface area contributed by atoms with Crippen LogP contribution in [-0.4, -0.2) is 18.4 Å². The van der Waals surface area contributed by atoms with Crippen LogP contribution in [0.4, 0.5) is 0 Å². The maximum atomic E-state index is 12.0. The third kappa shape index (κ3) is 3.45. The van der Waals surface area contributed by atoms with E-state index in [1.807, 2.05) is 0 Å². The molecule has 0 saturated heterocycles. The Bertz CT molecular complexity index is 770. The van der Waals surface area contributed by atoms with Crippen molar-refractivity contribution in [1.82, 2.24) is 0 Å². The van der Waals surface area contributed by atoms with Gasteiger partial charge in [0.1, 0.15) is 11.1 Å². The molecule has 1 aromatic carbocycles. The topological polar surface area (TPSA) is 73.6 Å². The van der Waals surface area contributed by atoms with Crippen LogP contribution in [0.25, 0.3) is 11.0 Å². The molecule has 0 aliphatic heterocycles.